The van der Waals surface area contributed by atoms with Gasteiger partial charge in [0.25, 0.3) is 0 Å². The first-order chi connectivity index (χ1) is 15.9. The third kappa shape index (κ3) is 4.67. The van der Waals surface area contributed by atoms with Crippen molar-refractivity contribution in [3.63, 3.8) is 0 Å². The molecule has 36 heavy (non-hydrogen) atoms. The van der Waals surface area contributed by atoms with Gasteiger partial charge in [0.2, 0.25) is 11.7 Å². The predicted molar refractivity (Wildman–Crippen MR) is 89.6 cm³/mol. The standard InChI is InChI=1S/C19H6F12N2O2.Zn/c1-4-8(17(35)33(32-4)15-13(24)11(22)10(21)12(23)14(15)25)16(34)5-2-6(18(26,27)28)9(20)7(3-5)19(29,30)31;/h2-3,35H,1H3;. The number of rotatable bonds is 3. The minimum Gasteiger partial charge on any atom is -0.493 e. The van der Waals surface area contributed by atoms with Crippen LogP contribution in [0.5, 0.6) is 5.88 Å². The number of carbonyl (C=O) groups excluding carboxylic acids is 1. The summed E-state index contributed by atoms with van der Waals surface area (Å²) in [7, 11) is 0. The molecule has 0 aliphatic rings. The normalized spacial score (nSPS) is 12.0. The predicted octanol–water partition coefficient (Wildman–Crippen LogP) is 5.99. The average molecular weight is 588 g/mol. The van der Waals surface area contributed by atoms with Gasteiger partial charge in [-0.3, -0.25) is 4.79 Å². The van der Waals surface area contributed by atoms with Gasteiger partial charge in [-0.15, -0.1) is 0 Å². The number of nitrogens with zero attached hydrogens (tertiary/aromatic N) is 2. The molecule has 190 valence electrons. The van der Waals surface area contributed by atoms with E-state index >= 15 is 0 Å². The number of aromatic hydroxyl groups is 1. The van der Waals surface area contributed by atoms with Gasteiger partial charge in [-0.1, -0.05) is 0 Å². The number of aryl methyl sites for hydroxylation is 1. The van der Waals surface area contributed by atoms with Crippen LogP contribution in [0, 0.1) is 41.8 Å². The molecule has 0 saturated heterocycles. The molecule has 0 saturated carbocycles. The van der Waals surface area contributed by atoms with Crippen molar-refractivity contribution in [1.82, 2.24) is 9.78 Å². The first kappa shape index (κ1) is 29.1. The monoisotopic (exact) mass is 586 g/mol. The molecule has 2 aromatic carbocycles. The van der Waals surface area contributed by atoms with Gasteiger partial charge in [0.05, 0.1) is 16.8 Å². The van der Waals surface area contributed by atoms with Gasteiger partial charge < -0.3 is 5.11 Å². The van der Waals surface area contributed by atoms with Gasteiger partial charge in [-0.25, -0.2) is 26.3 Å². The molecule has 1 heterocycles. The maximum absolute atomic E-state index is 14.1. The molecule has 1 aromatic heterocycles. The molecule has 0 fully saturated rings. The number of hydrogen-bond donors (Lipinski definition) is 1. The number of hydrogen-bond acceptors (Lipinski definition) is 3. The van der Waals surface area contributed by atoms with Crippen LogP contribution in [0.3, 0.4) is 0 Å². The van der Waals surface area contributed by atoms with Gasteiger partial charge in [-0.2, -0.15) is 36.1 Å². The van der Waals surface area contributed by atoms with E-state index in [0.29, 0.717) is 0 Å². The second kappa shape index (κ2) is 9.41. The molecular formula is C19H6F12N2O2Zn. The summed E-state index contributed by atoms with van der Waals surface area (Å²) in [4.78, 5) is 12.7. The zero-order valence-electron chi connectivity index (χ0n) is 17.1. The first-order valence-corrected chi connectivity index (χ1v) is 8.72. The molecule has 0 aliphatic carbocycles. The number of carbonyl (C=O) groups is 1. The molecule has 1 N–H and O–H groups in total. The Labute approximate surface area is 203 Å². The number of halogens is 12. The Hall–Kier alpha value is -3.10. The van der Waals surface area contributed by atoms with Crippen molar-refractivity contribution in [3.05, 3.63) is 75.0 Å². The van der Waals surface area contributed by atoms with Crippen molar-refractivity contribution < 1.29 is 82.1 Å². The van der Waals surface area contributed by atoms with Crippen molar-refractivity contribution in [2.45, 2.75) is 19.3 Å². The van der Waals surface area contributed by atoms with Gasteiger partial charge >= 0.3 is 12.4 Å². The second-order valence-corrected chi connectivity index (χ2v) is 6.82. The summed E-state index contributed by atoms with van der Waals surface area (Å²) < 4.78 is 160. The van der Waals surface area contributed by atoms with Crippen LogP contribution in [0.25, 0.3) is 5.69 Å². The van der Waals surface area contributed by atoms with E-state index in [9.17, 15) is 62.6 Å². The molecule has 4 nitrogen and oxygen atoms in total. The van der Waals surface area contributed by atoms with E-state index < -0.39 is 92.6 Å². The molecular weight excluding hydrogens is 582 g/mol. The summed E-state index contributed by atoms with van der Waals surface area (Å²) >= 11 is 0. The van der Waals surface area contributed by atoms with Crippen LogP contribution in [-0.4, -0.2) is 20.7 Å². The smallest absolute Gasteiger partial charge is 0.419 e. The molecule has 0 atom stereocenters. The van der Waals surface area contributed by atoms with Crippen molar-refractivity contribution in [1.29, 1.82) is 0 Å². The number of benzene rings is 2. The molecule has 17 heteroatoms. The fourth-order valence-electron chi connectivity index (χ4n) is 3.03. The van der Waals surface area contributed by atoms with Crippen LogP contribution in [0.2, 0.25) is 0 Å². The van der Waals surface area contributed by atoms with Gasteiger partial charge in [-0.05, 0) is 19.1 Å². The SMILES string of the molecule is Cc1nn(-c2c(F)c(F)c(F)c(F)c2F)c(O)c1C(=O)c1cc(C(F)(F)F)c(F)c(C(F)(F)F)c1.[Zn]. The van der Waals surface area contributed by atoms with Crippen molar-refractivity contribution >= 4 is 5.78 Å². The van der Waals surface area contributed by atoms with Crippen LogP contribution in [0.15, 0.2) is 12.1 Å². The minimum atomic E-state index is -5.71. The Morgan fingerprint density at radius 1 is 0.778 bits per heavy atom. The second-order valence-electron chi connectivity index (χ2n) is 6.82. The summed E-state index contributed by atoms with van der Waals surface area (Å²) in [5, 5.41) is 13.4. The Kier molecular flexibility index (Phi) is 7.62. The van der Waals surface area contributed by atoms with Gasteiger partial charge in [0.1, 0.15) is 17.1 Å². The largest absolute Gasteiger partial charge is 0.493 e. The summed E-state index contributed by atoms with van der Waals surface area (Å²) in [5.74, 6) is -18.9. The van der Waals surface area contributed by atoms with E-state index in [4.69, 9.17) is 0 Å². The number of ketones is 1. The molecule has 0 spiro atoms. The molecule has 0 unspecified atom stereocenters. The maximum Gasteiger partial charge on any atom is 0.419 e. The fraction of sp³-hybridized carbons (Fsp3) is 0.158. The fourth-order valence-corrected chi connectivity index (χ4v) is 3.03. The summed E-state index contributed by atoms with van der Waals surface area (Å²) in [6, 6.07) is -0.636. The Balaban J connectivity index is 0.00000456. The molecule has 0 radical (unpaired) electrons. The maximum atomic E-state index is 14.1. The molecule has 0 amide bonds. The van der Waals surface area contributed by atoms with Crippen LogP contribution >= 0.6 is 0 Å². The van der Waals surface area contributed by atoms with Crippen molar-refractivity contribution in [3.8, 4) is 11.6 Å². The third-order valence-electron chi connectivity index (χ3n) is 4.61. The van der Waals surface area contributed by atoms with Gasteiger partial charge in [0.15, 0.2) is 29.1 Å². The Morgan fingerprint density at radius 3 is 1.56 bits per heavy atom. The number of alkyl halides is 6. The van der Waals surface area contributed by atoms with Gasteiger partial charge in [0, 0.05) is 25.0 Å². The molecule has 0 bridgehead atoms. The van der Waals surface area contributed by atoms with E-state index in [2.05, 4.69) is 5.10 Å². The Morgan fingerprint density at radius 2 is 1.17 bits per heavy atom. The average Bonchev–Trinajstić information content (AvgIpc) is 3.02. The third-order valence-corrected chi connectivity index (χ3v) is 4.61. The summed E-state index contributed by atoms with van der Waals surface area (Å²) in [5.41, 5.74) is -10.4. The quantitative estimate of drug-likeness (QED) is 0.135. The zero-order chi connectivity index (χ0) is 26.8. The number of aromatic nitrogens is 2. The van der Waals surface area contributed by atoms with E-state index in [1.165, 1.54) is 0 Å². The van der Waals surface area contributed by atoms with Crippen LogP contribution in [0.1, 0.15) is 32.7 Å². The minimum absolute atomic E-state index is 0. The topological polar surface area (TPSA) is 55.1 Å². The Bertz CT molecular complexity index is 1310. The van der Waals surface area contributed by atoms with Crippen LogP contribution < -0.4 is 0 Å². The summed E-state index contributed by atoms with van der Waals surface area (Å²) in [6.07, 6.45) is -11.4. The molecule has 0 aliphatic heterocycles. The first-order valence-electron chi connectivity index (χ1n) is 8.72. The molecule has 3 aromatic rings. The van der Waals surface area contributed by atoms with Crippen molar-refractivity contribution in [2.75, 3.05) is 0 Å². The van der Waals surface area contributed by atoms with E-state index in [0.717, 1.165) is 6.92 Å². The van der Waals surface area contributed by atoms with E-state index in [1.54, 1.807) is 0 Å². The van der Waals surface area contributed by atoms with Crippen LogP contribution in [0.4, 0.5) is 52.7 Å². The molecule has 3 rings (SSSR count). The van der Waals surface area contributed by atoms with E-state index in [-0.39, 0.29) is 36.3 Å². The van der Waals surface area contributed by atoms with E-state index in [1.807, 2.05) is 0 Å². The summed E-state index contributed by atoms with van der Waals surface area (Å²) in [6.45, 7) is 0.772. The zero-order valence-corrected chi connectivity index (χ0v) is 20.1. The van der Waals surface area contributed by atoms with Crippen molar-refractivity contribution in [2.24, 2.45) is 0 Å². The van der Waals surface area contributed by atoms with Crippen LogP contribution in [-0.2, 0) is 31.8 Å².